The molecule has 0 saturated carbocycles. The molecule has 1 aliphatic rings. The minimum Gasteiger partial charge on any atom is -0.423 e. The summed E-state index contributed by atoms with van der Waals surface area (Å²) >= 11 is 0. The molecule has 3 rings (SSSR count). The van der Waals surface area contributed by atoms with Gasteiger partial charge in [-0.15, -0.1) is 0 Å². The average molecular weight is 293 g/mol. The molecular formula is C17H11NO4. The lowest BCUT2D eigenvalue weighted by Crippen LogP contribution is -2.26. The van der Waals surface area contributed by atoms with E-state index in [9.17, 15) is 14.4 Å². The van der Waals surface area contributed by atoms with Gasteiger partial charge in [-0.2, -0.15) is 0 Å². The summed E-state index contributed by atoms with van der Waals surface area (Å²) in [5, 5.41) is 2.13. The summed E-state index contributed by atoms with van der Waals surface area (Å²) < 4.78 is 5.16. The number of hydrogen-bond donors (Lipinski definition) is 1. The van der Waals surface area contributed by atoms with Crippen LogP contribution in [0.4, 0.5) is 0 Å². The third-order valence-corrected chi connectivity index (χ3v) is 3.15. The van der Waals surface area contributed by atoms with E-state index in [-0.39, 0.29) is 11.1 Å². The zero-order valence-electron chi connectivity index (χ0n) is 11.4. The molecule has 0 saturated heterocycles. The highest BCUT2D eigenvalue weighted by molar-refractivity contribution is 6.43. The van der Waals surface area contributed by atoms with Gasteiger partial charge < -0.3 is 4.74 Å². The number of imide groups is 1. The second-order valence-electron chi connectivity index (χ2n) is 4.60. The molecule has 0 bridgehead atoms. The number of ether oxygens (including phenoxy) is 1. The van der Waals surface area contributed by atoms with Gasteiger partial charge in [-0.3, -0.25) is 14.9 Å². The summed E-state index contributed by atoms with van der Waals surface area (Å²) in [7, 11) is 0. The molecule has 0 spiro atoms. The summed E-state index contributed by atoms with van der Waals surface area (Å²) in [6, 6.07) is 16.9. The second-order valence-corrected chi connectivity index (χ2v) is 4.60. The largest absolute Gasteiger partial charge is 0.423 e. The van der Waals surface area contributed by atoms with E-state index in [0.29, 0.717) is 11.3 Å². The number of carbonyl (C=O) groups excluding carboxylic acids is 3. The van der Waals surface area contributed by atoms with Gasteiger partial charge in [-0.05, 0) is 17.7 Å². The first-order valence-corrected chi connectivity index (χ1v) is 6.59. The number of esters is 1. The van der Waals surface area contributed by atoms with Crippen LogP contribution in [-0.2, 0) is 14.4 Å². The number of rotatable bonds is 3. The van der Waals surface area contributed by atoms with Gasteiger partial charge in [0.2, 0.25) is 0 Å². The molecule has 2 aromatic rings. The van der Waals surface area contributed by atoms with Gasteiger partial charge in [0.05, 0.1) is 5.57 Å². The monoisotopic (exact) mass is 293 g/mol. The first-order valence-electron chi connectivity index (χ1n) is 6.59. The fourth-order valence-electron chi connectivity index (χ4n) is 2.18. The highest BCUT2D eigenvalue weighted by Gasteiger charge is 2.36. The minimum atomic E-state index is -0.853. The maximum Gasteiger partial charge on any atom is 0.350 e. The number of nitrogens with one attached hydrogen (secondary N) is 1. The number of amides is 2. The van der Waals surface area contributed by atoms with Crippen LogP contribution in [0.25, 0.3) is 5.57 Å². The first-order chi connectivity index (χ1) is 10.7. The zero-order chi connectivity index (χ0) is 15.5. The van der Waals surface area contributed by atoms with Crippen LogP contribution in [0.2, 0.25) is 0 Å². The number of para-hydroxylation sites is 1. The van der Waals surface area contributed by atoms with Gasteiger partial charge in [0.25, 0.3) is 11.8 Å². The predicted molar refractivity (Wildman–Crippen MR) is 78.6 cm³/mol. The van der Waals surface area contributed by atoms with Crippen molar-refractivity contribution in [2.24, 2.45) is 0 Å². The Morgan fingerprint density at radius 3 is 2.05 bits per heavy atom. The maximum absolute atomic E-state index is 12.3. The van der Waals surface area contributed by atoms with Crippen molar-refractivity contribution in [2.75, 3.05) is 0 Å². The van der Waals surface area contributed by atoms with E-state index >= 15 is 0 Å². The molecule has 1 N–H and O–H groups in total. The molecule has 0 radical (unpaired) electrons. The molecule has 22 heavy (non-hydrogen) atoms. The van der Waals surface area contributed by atoms with Gasteiger partial charge in [0.1, 0.15) is 11.3 Å². The molecule has 1 aliphatic heterocycles. The Balaban J connectivity index is 2.01. The molecule has 0 fully saturated rings. The van der Waals surface area contributed by atoms with E-state index in [0.717, 1.165) is 0 Å². The summed E-state index contributed by atoms with van der Waals surface area (Å²) in [6.45, 7) is 0. The van der Waals surface area contributed by atoms with Crippen LogP contribution in [0, 0.1) is 0 Å². The Morgan fingerprint density at radius 1 is 0.818 bits per heavy atom. The third-order valence-electron chi connectivity index (χ3n) is 3.15. The molecule has 0 unspecified atom stereocenters. The Bertz CT molecular complexity index is 779. The fourth-order valence-corrected chi connectivity index (χ4v) is 2.18. The van der Waals surface area contributed by atoms with Crippen LogP contribution in [0.5, 0.6) is 5.75 Å². The van der Waals surface area contributed by atoms with E-state index in [1.165, 1.54) is 0 Å². The van der Waals surface area contributed by atoms with Crippen LogP contribution in [-0.4, -0.2) is 17.8 Å². The molecule has 1 heterocycles. The Hall–Kier alpha value is -3.21. The minimum absolute atomic E-state index is 0.0338. The summed E-state index contributed by atoms with van der Waals surface area (Å²) in [5.74, 6) is -1.89. The number of carbonyl (C=O) groups is 3. The van der Waals surface area contributed by atoms with Crippen molar-refractivity contribution in [3.63, 3.8) is 0 Å². The van der Waals surface area contributed by atoms with Gasteiger partial charge >= 0.3 is 5.97 Å². The molecule has 0 aliphatic carbocycles. The quantitative estimate of drug-likeness (QED) is 0.404. The summed E-state index contributed by atoms with van der Waals surface area (Å²) in [6.07, 6.45) is 0. The number of benzene rings is 2. The normalized spacial score (nSPS) is 14.0. The van der Waals surface area contributed by atoms with E-state index in [4.69, 9.17) is 4.74 Å². The summed E-state index contributed by atoms with van der Waals surface area (Å²) in [5.41, 5.74) is 0.248. The molecule has 0 aromatic heterocycles. The standard InChI is InChI=1S/C17H11NO4/c19-15-13(11-7-3-1-4-8-11)14(16(20)18-15)17(21)22-12-9-5-2-6-10-12/h1-10H,(H,18,19,20). The molecule has 2 amide bonds. The molecule has 2 aromatic carbocycles. The van der Waals surface area contributed by atoms with Crippen molar-refractivity contribution in [2.45, 2.75) is 0 Å². The van der Waals surface area contributed by atoms with Crippen molar-refractivity contribution < 1.29 is 19.1 Å². The van der Waals surface area contributed by atoms with Crippen LogP contribution in [0.3, 0.4) is 0 Å². The fraction of sp³-hybridized carbons (Fsp3) is 0. The highest BCUT2D eigenvalue weighted by Crippen LogP contribution is 2.25. The molecule has 108 valence electrons. The molecule has 5 heteroatoms. The Morgan fingerprint density at radius 2 is 1.41 bits per heavy atom. The van der Waals surface area contributed by atoms with Gasteiger partial charge in [0, 0.05) is 0 Å². The lowest BCUT2D eigenvalue weighted by atomic mass is 10.0. The van der Waals surface area contributed by atoms with Crippen LogP contribution < -0.4 is 10.1 Å². The van der Waals surface area contributed by atoms with E-state index < -0.39 is 17.8 Å². The molecular weight excluding hydrogens is 282 g/mol. The lowest BCUT2D eigenvalue weighted by Gasteiger charge is -2.05. The van der Waals surface area contributed by atoms with Crippen LogP contribution in [0.15, 0.2) is 66.2 Å². The van der Waals surface area contributed by atoms with E-state index in [2.05, 4.69) is 5.32 Å². The van der Waals surface area contributed by atoms with Gasteiger partial charge in [-0.1, -0.05) is 48.5 Å². The molecule has 0 atom stereocenters. The highest BCUT2D eigenvalue weighted by atomic mass is 16.5. The van der Waals surface area contributed by atoms with Gasteiger partial charge in [0.15, 0.2) is 0 Å². The van der Waals surface area contributed by atoms with E-state index in [1.54, 1.807) is 60.7 Å². The van der Waals surface area contributed by atoms with Crippen LogP contribution >= 0.6 is 0 Å². The average Bonchev–Trinajstić information content (AvgIpc) is 2.83. The lowest BCUT2D eigenvalue weighted by molar-refractivity contribution is -0.132. The smallest absolute Gasteiger partial charge is 0.350 e. The zero-order valence-corrected chi connectivity index (χ0v) is 11.4. The third kappa shape index (κ3) is 2.52. The Kier molecular flexibility index (Phi) is 3.53. The van der Waals surface area contributed by atoms with Crippen molar-refractivity contribution in [1.29, 1.82) is 0 Å². The molecule has 5 nitrogen and oxygen atoms in total. The first kappa shape index (κ1) is 13.8. The van der Waals surface area contributed by atoms with Gasteiger partial charge in [-0.25, -0.2) is 4.79 Å². The van der Waals surface area contributed by atoms with Crippen molar-refractivity contribution in [3.8, 4) is 5.75 Å². The topological polar surface area (TPSA) is 72.5 Å². The van der Waals surface area contributed by atoms with Crippen LogP contribution in [0.1, 0.15) is 5.56 Å². The van der Waals surface area contributed by atoms with Crippen molar-refractivity contribution in [1.82, 2.24) is 5.32 Å². The second kappa shape index (κ2) is 5.65. The predicted octanol–water partition coefficient (Wildman–Crippen LogP) is 1.70. The maximum atomic E-state index is 12.3. The Labute approximate surface area is 126 Å². The van der Waals surface area contributed by atoms with Crippen molar-refractivity contribution in [3.05, 3.63) is 71.8 Å². The van der Waals surface area contributed by atoms with E-state index in [1.807, 2.05) is 0 Å². The summed E-state index contributed by atoms with van der Waals surface area (Å²) in [4.78, 5) is 36.1. The van der Waals surface area contributed by atoms with Crippen molar-refractivity contribution >= 4 is 23.4 Å². The SMILES string of the molecule is O=C1NC(=O)C(c2ccccc2)=C1C(=O)Oc1ccccc1. The number of hydrogen-bond acceptors (Lipinski definition) is 4.